The van der Waals surface area contributed by atoms with Gasteiger partial charge in [0.05, 0.1) is 6.26 Å². The summed E-state index contributed by atoms with van der Waals surface area (Å²) in [5.41, 5.74) is 1.51. The van der Waals surface area contributed by atoms with Crippen molar-refractivity contribution in [3.05, 3.63) is 94.5 Å². The number of carbonyl (C=O) groups excluding carboxylic acids is 2. The van der Waals surface area contributed by atoms with Gasteiger partial charge >= 0.3 is 0 Å². The molecule has 1 aromatic heterocycles. The third-order valence-corrected chi connectivity index (χ3v) is 3.98. The van der Waals surface area contributed by atoms with Crippen LogP contribution in [0.25, 0.3) is 6.08 Å². The van der Waals surface area contributed by atoms with Crippen LogP contribution in [0.5, 0.6) is 0 Å². The first-order valence-corrected chi connectivity index (χ1v) is 8.59. The Morgan fingerprint density at radius 1 is 0.923 bits per heavy atom. The third kappa shape index (κ3) is 4.70. The molecule has 0 spiro atoms. The number of nitrogens with one attached hydrogen (secondary N) is 2. The van der Waals surface area contributed by atoms with Crippen LogP contribution in [-0.4, -0.2) is 11.8 Å². The van der Waals surface area contributed by atoms with Crippen LogP contribution >= 0.6 is 15.9 Å². The van der Waals surface area contributed by atoms with Gasteiger partial charge in [0.1, 0.15) is 5.70 Å². The number of hydrogen-bond donors (Lipinski definition) is 2. The molecule has 2 aromatic carbocycles. The van der Waals surface area contributed by atoms with Gasteiger partial charge in [-0.1, -0.05) is 46.3 Å². The van der Waals surface area contributed by atoms with Gasteiger partial charge in [0, 0.05) is 10.2 Å². The summed E-state index contributed by atoms with van der Waals surface area (Å²) < 4.78 is 6.00. The summed E-state index contributed by atoms with van der Waals surface area (Å²) in [5, 5.41) is 5.37. The zero-order valence-electron chi connectivity index (χ0n) is 13.6. The Morgan fingerprint density at radius 2 is 1.65 bits per heavy atom. The first-order chi connectivity index (χ1) is 12.6. The Hall–Kier alpha value is -3.12. The summed E-state index contributed by atoms with van der Waals surface area (Å²) in [5.74, 6) is -0.806. The van der Waals surface area contributed by atoms with E-state index in [2.05, 4.69) is 26.6 Å². The van der Waals surface area contributed by atoms with E-state index in [0.29, 0.717) is 5.69 Å². The van der Waals surface area contributed by atoms with Crippen molar-refractivity contribution in [3.8, 4) is 0 Å². The van der Waals surface area contributed by atoms with Gasteiger partial charge in [0.15, 0.2) is 5.76 Å². The van der Waals surface area contributed by atoms with E-state index in [1.165, 1.54) is 12.3 Å². The predicted molar refractivity (Wildman–Crippen MR) is 103 cm³/mol. The maximum Gasteiger partial charge on any atom is 0.291 e. The van der Waals surface area contributed by atoms with E-state index >= 15 is 0 Å². The van der Waals surface area contributed by atoms with E-state index in [0.717, 1.165) is 10.0 Å². The maximum atomic E-state index is 12.7. The first-order valence-electron chi connectivity index (χ1n) is 7.80. The molecule has 5 nitrogen and oxygen atoms in total. The summed E-state index contributed by atoms with van der Waals surface area (Å²) in [7, 11) is 0. The number of amides is 2. The van der Waals surface area contributed by atoms with Crippen LogP contribution in [0.1, 0.15) is 16.1 Å². The summed E-state index contributed by atoms with van der Waals surface area (Å²) >= 11 is 3.37. The lowest BCUT2D eigenvalue weighted by atomic mass is 10.2. The number of carbonyl (C=O) groups is 2. The van der Waals surface area contributed by atoms with Crippen molar-refractivity contribution in [2.24, 2.45) is 0 Å². The monoisotopic (exact) mass is 410 g/mol. The van der Waals surface area contributed by atoms with Crippen molar-refractivity contribution in [2.75, 3.05) is 5.32 Å². The fraction of sp³-hybridized carbons (Fsp3) is 0. The van der Waals surface area contributed by atoms with Crippen molar-refractivity contribution < 1.29 is 14.0 Å². The SMILES string of the molecule is O=C(Nc1ccccc1)/C(=C\c1ccc(Br)cc1)NC(=O)c1ccco1. The summed E-state index contributed by atoms with van der Waals surface area (Å²) in [6, 6.07) is 19.5. The van der Waals surface area contributed by atoms with Crippen molar-refractivity contribution >= 4 is 39.5 Å². The molecule has 3 rings (SSSR count). The average molecular weight is 411 g/mol. The van der Waals surface area contributed by atoms with E-state index in [1.807, 2.05) is 42.5 Å². The van der Waals surface area contributed by atoms with Gasteiger partial charge < -0.3 is 15.1 Å². The molecule has 130 valence electrons. The zero-order chi connectivity index (χ0) is 18.4. The van der Waals surface area contributed by atoms with Crippen LogP contribution in [-0.2, 0) is 4.79 Å². The second-order valence-corrected chi connectivity index (χ2v) is 6.28. The summed E-state index contributed by atoms with van der Waals surface area (Å²) in [6.45, 7) is 0. The summed E-state index contributed by atoms with van der Waals surface area (Å²) in [6.07, 6.45) is 3.00. The largest absolute Gasteiger partial charge is 0.459 e. The molecule has 0 aliphatic rings. The smallest absolute Gasteiger partial charge is 0.291 e. The number of anilines is 1. The van der Waals surface area contributed by atoms with Crippen LogP contribution in [0.2, 0.25) is 0 Å². The highest BCUT2D eigenvalue weighted by Crippen LogP contribution is 2.14. The Kier molecular flexibility index (Phi) is 5.66. The molecule has 0 aliphatic heterocycles. The average Bonchev–Trinajstić information content (AvgIpc) is 3.18. The topological polar surface area (TPSA) is 71.3 Å². The minimum Gasteiger partial charge on any atom is -0.459 e. The molecule has 2 amide bonds. The number of furan rings is 1. The lowest BCUT2D eigenvalue weighted by Crippen LogP contribution is -2.30. The van der Waals surface area contributed by atoms with Gasteiger partial charge in [-0.05, 0) is 48.0 Å². The molecule has 26 heavy (non-hydrogen) atoms. The molecule has 0 aliphatic carbocycles. The zero-order valence-corrected chi connectivity index (χ0v) is 15.2. The highest BCUT2D eigenvalue weighted by Gasteiger charge is 2.16. The molecule has 0 bridgehead atoms. The highest BCUT2D eigenvalue weighted by molar-refractivity contribution is 9.10. The highest BCUT2D eigenvalue weighted by atomic mass is 79.9. The molecule has 0 atom stereocenters. The van der Waals surface area contributed by atoms with Crippen molar-refractivity contribution in [3.63, 3.8) is 0 Å². The molecule has 0 saturated carbocycles. The third-order valence-electron chi connectivity index (χ3n) is 3.45. The Morgan fingerprint density at radius 3 is 2.31 bits per heavy atom. The van der Waals surface area contributed by atoms with E-state index in [9.17, 15) is 9.59 Å². The second kappa shape index (κ2) is 8.31. The van der Waals surface area contributed by atoms with Gasteiger partial charge in [-0.15, -0.1) is 0 Å². The first kappa shape index (κ1) is 17.7. The quantitative estimate of drug-likeness (QED) is 0.610. The van der Waals surface area contributed by atoms with Gasteiger partial charge in [0.25, 0.3) is 11.8 Å². The minimum atomic E-state index is -0.499. The van der Waals surface area contributed by atoms with Gasteiger partial charge in [-0.3, -0.25) is 9.59 Å². The van der Waals surface area contributed by atoms with Crippen molar-refractivity contribution in [2.45, 2.75) is 0 Å². The Labute approximate surface area is 158 Å². The molecule has 0 unspecified atom stereocenters. The molecule has 3 aromatic rings. The molecule has 0 fully saturated rings. The van der Waals surface area contributed by atoms with Gasteiger partial charge in [-0.2, -0.15) is 0 Å². The fourth-order valence-corrected chi connectivity index (χ4v) is 2.46. The molecular weight excluding hydrogens is 396 g/mol. The van der Waals surface area contributed by atoms with Crippen molar-refractivity contribution in [1.82, 2.24) is 5.32 Å². The normalized spacial score (nSPS) is 11.0. The van der Waals surface area contributed by atoms with E-state index in [1.54, 1.807) is 24.3 Å². The number of rotatable bonds is 5. The Bertz CT molecular complexity index is 917. The molecule has 2 N–H and O–H groups in total. The van der Waals surface area contributed by atoms with E-state index in [-0.39, 0.29) is 11.5 Å². The second-order valence-electron chi connectivity index (χ2n) is 5.36. The number of halogens is 1. The molecule has 0 radical (unpaired) electrons. The predicted octanol–water partition coefficient (Wildman–Crippen LogP) is 4.45. The van der Waals surface area contributed by atoms with Crippen LogP contribution in [0, 0.1) is 0 Å². The van der Waals surface area contributed by atoms with Gasteiger partial charge in [-0.25, -0.2) is 0 Å². The standard InChI is InChI=1S/C20H15BrN2O3/c21-15-10-8-14(9-11-15)13-17(23-20(25)18-7-4-12-26-18)19(24)22-16-5-2-1-3-6-16/h1-13H,(H,22,24)(H,23,25)/b17-13+. The van der Waals surface area contributed by atoms with Crippen LogP contribution < -0.4 is 10.6 Å². The minimum absolute atomic E-state index is 0.109. The molecule has 0 saturated heterocycles. The molecular formula is C20H15BrN2O3. The number of hydrogen-bond acceptors (Lipinski definition) is 3. The fourth-order valence-electron chi connectivity index (χ4n) is 2.20. The maximum absolute atomic E-state index is 12.7. The Balaban J connectivity index is 1.86. The van der Waals surface area contributed by atoms with Crippen LogP contribution in [0.4, 0.5) is 5.69 Å². The lowest BCUT2D eigenvalue weighted by molar-refractivity contribution is -0.113. The van der Waals surface area contributed by atoms with Crippen LogP contribution in [0.15, 0.2) is 87.6 Å². The molecule has 6 heteroatoms. The van der Waals surface area contributed by atoms with E-state index < -0.39 is 11.8 Å². The lowest BCUT2D eigenvalue weighted by Gasteiger charge is -2.10. The van der Waals surface area contributed by atoms with Gasteiger partial charge in [0.2, 0.25) is 0 Å². The number of benzene rings is 2. The number of para-hydroxylation sites is 1. The summed E-state index contributed by atoms with van der Waals surface area (Å²) in [4.78, 5) is 24.9. The molecule has 1 heterocycles. The van der Waals surface area contributed by atoms with Crippen LogP contribution in [0.3, 0.4) is 0 Å². The van der Waals surface area contributed by atoms with E-state index in [4.69, 9.17) is 4.42 Å². The van der Waals surface area contributed by atoms with Crippen molar-refractivity contribution in [1.29, 1.82) is 0 Å².